The van der Waals surface area contributed by atoms with Crippen molar-refractivity contribution >= 4 is 5.97 Å². The molecule has 1 aliphatic carbocycles. The number of carboxylic acid groups (broad SMARTS) is 1. The Bertz CT molecular complexity index is 413. The van der Waals surface area contributed by atoms with Crippen LogP contribution < -0.4 is 0 Å². The molecule has 0 aliphatic heterocycles. The Morgan fingerprint density at radius 2 is 2.40 bits per heavy atom. The zero-order valence-corrected chi connectivity index (χ0v) is 8.77. The van der Waals surface area contributed by atoms with Gasteiger partial charge in [-0.05, 0) is 18.4 Å². The van der Waals surface area contributed by atoms with Crippen LogP contribution in [0.3, 0.4) is 0 Å². The second-order valence-electron chi connectivity index (χ2n) is 4.15. The summed E-state index contributed by atoms with van der Waals surface area (Å²) in [7, 11) is 1.66. The molecule has 0 amide bonds. The molecule has 0 radical (unpaired) electrons. The minimum absolute atomic E-state index is 0.294. The number of hydrogen-bond donors (Lipinski definition) is 2. The highest BCUT2D eigenvalue weighted by Gasteiger charge is 2.49. The molecule has 15 heavy (non-hydrogen) atoms. The average Bonchev–Trinajstić information content (AvgIpc) is 2.54. The van der Waals surface area contributed by atoms with Crippen LogP contribution in [0.2, 0.25) is 0 Å². The molecular formula is C10H14N2O3. The first-order valence-electron chi connectivity index (χ1n) is 4.95. The normalized spacial score (nSPS) is 29.9. The number of rotatable bonds is 1. The highest BCUT2D eigenvalue weighted by molar-refractivity contribution is 5.79. The lowest BCUT2D eigenvalue weighted by molar-refractivity contribution is -0.168. The molecule has 0 fully saturated rings. The fourth-order valence-electron chi connectivity index (χ4n) is 2.28. The topological polar surface area (TPSA) is 75.3 Å². The molecule has 2 N–H and O–H groups in total. The van der Waals surface area contributed by atoms with Gasteiger partial charge in [-0.1, -0.05) is 6.92 Å². The van der Waals surface area contributed by atoms with E-state index in [1.807, 2.05) is 0 Å². The molecule has 5 nitrogen and oxygen atoms in total. The SMILES string of the molecule is CC1CCc2cnn(C)c2C1(O)C(=O)O. The summed E-state index contributed by atoms with van der Waals surface area (Å²) in [5.41, 5.74) is -0.534. The van der Waals surface area contributed by atoms with Gasteiger partial charge < -0.3 is 10.2 Å². The van der Waals surface area contributed by atoms with E-state index in [0.29, 0.717) is 12.1 Å². The molecule has 2 rings (SSSR count). The van der Waals surface area contributed by atoms with Gasteiger partial charge in [-0.3, -0.25) is 4.68 Å². The van der Waals surface area contributed by atoms with Crippen LogP contribution in [0.15, 0.2) is 6.20 Å². The summed E-state index contributed by atoms with van der Waals surface area (Å²) in [6.45, 7) is 1.75. The second-order valence-corrected chi connectivity index (χ2v) is 4.15. The first kappa shape index (κ1) is 10.2. The summed E-state index contributed by atoms with van der Waals surface area (Å²) in [5, 5.41) is 23.4. The van der Waals surface area contributed by atoms with Crippen molar-refractivity contribution in [2.75, 3.05) is 0 Å². The molecule has 1 heterocycles. The first-order valence-corrected chi connectivity index (χ1v) is 4.95. The van der Waals surface area contributed by atoms with E-state index >= 15 is 0 Å². The van der Waals surface area contributed by atoms with Crippen molar-refractivity contribution < 1.29 is 15.0 Å². The zero-order chi connectivity index (χ0) is 11.2. The molecule has 0 spiro atoms. The predicted octanol–water partition coefficient (Wildman–Crippen LogP) is 0.275. The van der Waals surface area contributed by atoms with E-state index in [-0.39, 0.29) is 5.92 Å². The molecule has 82 valence electrons. The fourth-order valence-corrected chi connectivity index (χ4v) is 2.28. The van der Waals surface area contributed by atoms with Crippen LogP contribution in [0.5, 0.6) is 0 Å². The molecule has 0 aromatic carbocycles. The number of nitrogens with zero attached hydrogens (tertiary/aromatic N) is 2. The Morgan fingerprint density at radius 1 is 1.73 bits per heavy atom. The number of hydrogen-bond acceptors (Lipinski definition) is 3. The van der Waals surface area contributed by atoms with Crippen molar-refractivity contribution in [1.29, 1.82) is 0 Å². The molecule has 1 aromatic heterocycles. The van der Waals surface area contributed by atoms with Gasteiger partial charge >= 0.3 is 5.97 Å². The summed E-state index contributed by atoms with van der Waals surface area (Å²) in [5.74, 6) is -1.49. The molecule has 5 heteroatoms. The van der Waals surface area contributed by atoms with Crippen LogP contribution >= 0.6 is 0 Å². The average molecular weight is 210 g/mol. The monoisotopic (exact) mass is 210 g/mol. The van der Waals surface area contributed by atoms with Crippen molar-refractivity contribution in [1.82, 2.24) is 9.78 Å². The van der Waals surface area contributed by atoms with Crippen LogP contribution in [0, 0.1) is 5.92 Å². The third-order valence-electron chi connectivity index (χ3n) is 3.26. The maximum Gasteiger partial charge on any atom is 0.342 e. The number of carboxylic acids is 1. The molecule has 0 bridgehead atoms. The lowest BCUT2D eigenvalue weighted by atomic mass is 9.76. The van der Waals surface area contributed by atoms with Crippen LogP contribution in [0.4, 0.5) is 0 Å². The lowest BCUT2D eigenvalue weighted by Crippen LogP contribution is -2.46. The van der Waals surface area contributed by atoms with Crippen molar-refractivity contribution in [3.05, 3.63) is 17.5 Å². The van der Waals surface area contributed by atoms with Gasteiger partial charge in [-0.25, -0.2) is 4.79 Å². The van der Waals surface area contributed by atoms with Gasteiger partial charge in [0.2, 0.25) is 5.60 Å². The third kappa shape index (κ3) is 1.19. The van der Waals surface area contributed by atoms with Crippen molar-refractivity contribution in [3.63, 3.8) is 0 Å². The molecular weight excluding hydrogens is 196 g/mol. The summed E-state index contributed by atoms with van der Waals surface area (Å²) < 4.78 is 1.46. The van der Waals surface area contributed by atoms with Gasteiger partial charge in [0.05, 0.1) is 11.9 Å². The highest BCUT2D eigenvalue weighted by atomic mass is 16.4. The lowest BCUT2D eigenvalue weighted by Gasteiger charge is -2.34. The van der Waals surface area contributed by atoms with E-state index < -0.39 is 11.6 Å². The molecule has 1 aromatic rings. The Labute approximate surface area is 87.3 Å². The van der Waals surface area contributed by atoms with Gasteiger partial charge in [-0.2, -0.15) is 5.10 Å². The Hall–Kier alpha value is -1.36. The number of aliphatic hydroxyl groups is 1. The fraction of sp³-hybridized carbons (Fsp3) is 0.600. The number of aryl methyl sites for hydroxylation is 2. The Balaban J connectivity index is 2.64. The van der Waals surface area contributed by atoms with Crippen molar-refractivity contribution in [3.8, 4) is 0 Å². The van der Waals surface area contributed by atoms with Crippen molar-refractivity contribution in [2.45, 2.75) is 25.4 Å². The second kappa shape index (κ2) is 3.06. The number of fused-ring (bicyclic) bond motifs is 1. The molecule has 0 saturated carbocycles. The predicted molar refractivity (Wildman–Crippen MR) is 52.2 cm³/mol. The summed E-state index contributed by atoms with van der Waals surface area (Å²) in [6.07, 6.45) is 3.08. The van der Waals surface area contributed by atoms with Crippen molar-refractivity contribution in [2.24, 2.45) is 13.0 Å². The van der Waals surface area contributed by atoms with E-state index in [0.717, 1.165) is 12.0 Å². The standard InChI is InChI=1S/C10H14N2O3/c1-6-3-4-7-5-11-12(2)8(7)10(6,15)9(13)14/h5-6,15H,3-4H2,1-2H3,(H,13,14). The molecule has 2 unspecified atom stereocenters. The van der Waals surface area contributed by atoms with Crippen LogP contribution in [-0.2, 0) is 23.9 Å². The van der Waals surface area contributed by atoms with E-state index in [2.05, 4.69) is 5.10 Å². The number of aromatic nitrogens is 2. The van der Waals surface area contributed by atoms with E-state index in [1.54, 1.807) is 20.2 Å². The van der Waals surface area contributed by atoms with Crippen LogP contribution in [0.25, 0.3) is 0 Å². The van der Waals surface area contributed by atoms with Crippen LogP contribution in [-0.4, -0.2) is 26.0 Å². The smallest absolute Gasteiger partial charge is 0.342 e. The largest absolute Gasteiger partial charge is 0.479 e. The highest BCUT2D eigenvalue weighted by Crippen LogP contribution is 2.39. The maximum atomic E-state index is 11.2. The number of carbonyl (C=O) groups is 1. The minimum Gasteiger partial charge on any atom is -0.479 e. The Morgan fingerprint density at radius 3 is 3.00 bits per heavy atom. The summed E-state index contributed by atoms with van der Waals surface area (Å²) >= 11 is 0. The van der Waals surface area contributed by atoms with E-state index in [4.69, 9.17) is 5.11 Å². The molecule has 2 atom stereocenters. The molecule has 0 saturated heterocycles. The van der Waals surface area contributed by atoms with Gasteiger partial charge in [0, 0.05) is 13.0 Å². The van der Waals surface area contributed by atoms with Gasteiger partial charge in [0.15, 0.2) is 0 Å². The van der Waals surface area contributed by atoms with E-state index in [9.17, 15) is 9.90 Å². The zero-order valence-electron chi connectivity index (χ0n) is 8.77. The Kier molecular flexibility index (Phi) is 2.08. The van der Waals surface area contributed by atoms with Gasteiger partial charge in [0.1, 0.15) is 0 Å². The van der Waals surface area contributed by atoms with E-state index in [1.165, 1.54) is 4.68 Å². The summed E-state index contributed by atoms with van der Waals surface area (Å²) in [4.78, 5) is 11.2. The number of aliphatic carboxylic acids is 1. The van der Waals surface area contributed by atoms with Gasteiger partial charge in [0.25, 0.3) is 0 Å². The quantitative estimate of drug-likeness (QED) is 0.698. The molecule has 1 aliphatic rings. The van der Waals surface area contributed by atoms with Crippen LogP contribution in [0.1, 0.15) is 24.6 Å². The summed E-state index contributed by atoms with van der Waals surface area (Å²) in [6, 6.07) is 0. The first-order chi connectivity index (χ1) is 6.98. The maximum absolute atomic E-state index is 11.2. The minimum atomic E-state index is -1.79. The third-order valence-corrected chi connectivity index (χ3v) is 3.26. The van der Waals surface area contributed by atoms with Gasteiger partial charge in [-0.15, -0.1) is 0 Å².